The van der Waals surface area contributed by atoms with Crippen molar-refractivity contribution in [2.45, 2.75) is 13.0 Å². The quantitative estimate of drug-likeness (QED) is 0.790. The van der Waals surface area contributed by atoms with Gasteiger partial charge >= 0.3 is 5.97 Å². The van der Waals surface area contributed by atoms with Crippen molar-refractivity contribution in [3.63, 3.8) is 0 Å². The Morgan fingerprint density at radius 1 is 1.41 bits per heavy atom. The molecular weight excluding hydrogens is 254 g/mol. The van der Waals surface area contributed by atoms with E-state index in [1.807, 2.05) is 23.9 Å². The maximum Gasteiger partial charge on any atom is 0.348 e. The van der Waals surface area contributed by atoms with Crippen molar-refractivity contribution in [3.05, 3.63) is 21.9 Å². The average Bonchev–Trinajstić information content (AvgIpc) is 2.65. The number of ether oxygens (including phenoxy) is 1. The van der Waals surface area contributed by atoms with Gasteiger partial charge in [-0.3, -0.25) is 4.90 Å². The van der Waals surface area contributed by atoms with Crippen LogP contribution in [0.25, 0.3) is 0 Å². The van der Waals surface area contributed by atoms with E-state index in [2.05, 4.69) is 4.90 Å². The van der Waals surface area contributed by atoms with Crippen molar-refractivity contribution in [3.8, 4) is 0 Å². The molecule has 17 heavy (non-hydrogen) atoms. The summed E-state index contributed by atoms with van der Waals surface area (Å²) in [6.07, 6.45) is 1.26. The molecule has 1 fully saturated rings. The fourth-order valence-electron chi connectivity index (χ4n) is 1.85. The lowest BCUT2D eigenvalue weighted by Crippen LogP contribution is -2.24. The number of nitrogens with zero attached hydrogens (tertiary/aromatic N) is 1. The lowest BCUT2D eigenvalue weighted by Gasteiger charge is -2.17. The van der Waals surface area contributed by atoms with Crippen LogP contribution in [0.3, 0.4) is 0 Å². The van der Waals surface area contributed by atoms with Crippen molar-refractivity contribution in [2.75, 3.05) is 31.7 Å². The Morgan fingerprint density at radius 2 is 2.29 bits per heavy atom. The van der Waals surface area contributed by atoms with E-state index in [0.717, 1.165) is 13.1 Å². The van der Waals surface area contributed by atoms with Crippen LogP contribution in [-0.2, 0) is 11.3 Å². The molecule has 1 aliphatic rings. The van der Waals surface area contributed by atoms with Crippen LogP contribution in [-0.4, -0.2) is 42.6 Å². The van der Waals surface area contributed by atoms with Crippen molar-refractivity contribution in [1.82, 2.24) is 4.90 Å². The minimum absolute atomic E-state index is 0.229. The first kappa shape index (κ1) is 12.9. The summed E-state index contributed by atoms with van der Waals surface area (Å²) in [6.45, 7) is 3.27. The van der Waals surface area contributed by atoms with Crippen LogP contribution < -0.4 is 0 Å². The maximum atomic E-state index is 11.3. The maximum absolute atomic E-state index is 11.3. The number of esters is 1. The molecule has 1 aliphatic heterocycles. The number of carbonyl (C=O) groups excluding carboxylic acids is 1. The molecule has 5 heteroatoms. The Hall–Kier alpha value is -0.520. The standard InChI is InChI=1S/C12H17NO2S2/c1-15-12(14)11-4-3-10(17-11)9-13-5-2-7-16-8-6-13/h3-4H,2,5-9H2,1H3. The molecule has 1 saturated heterocycles. The van der Waals surface area contributed by atoms with Gasteiger partial charge in [-0.1, -0.05) is 0 Å². The smallest absolute Gasteiger partial charge is 0.348 e. The van der Waals surface area contributed by atoms with Gasteiger partial charge in [-0.25, -0.2) is 4.79 Å². The van der Waals surface area contributed by atoms with Gasteiger partial charge in [-0.2, -0.15) is 11.8 Å². The molecule has 0 unspecified atom stereocenters. The van der Waals surface area contributed by atoms with Crippen LogP contribution in [0, 0.1) is 0 Å². The second-order valence-electron chi connectivity index (χ2n) is 4.00. The lowest BCUT2D eigenvalue weighted by molar-refractivity contribution is 0.0606. The van der Waals surface area contributed by atoms with E-state index in [0.29, 0.717) is 4.88 Å². The summed E-state index contributed by atoms with van der Waals surface area (Å²) in [6, 6.07) is 3.90. The molecule has 0 bridgehead atoms. The average molecular weight is 271 g/mol. The number of rotatable bonds is 3. The first-order valence-electron chi connectivity index (χ1n) is 5.77. The Kier molecular flexibility index (Phi) is 4.88. The Morgan fingerprint density at radius 3 is 3.12 bits per heavy atom. The van der Waals surface area contributed by atoms with Crippen LogP contribution >= 0.6 is 23.1 Å². The van der Waals surface area contributed by atoms with E-state index >= 15 is 0 Å². The third-order valence-corrected chi connectivity index (χ3v) is 4.84. The Balaban J connectivity index is 1.93. The van der Waals surface area contributed by atoms with Gasteiger partial charge in [0.15, 0.2) is 0 Å². The summed E-state index contributed by atoms with van der Waals surface area (Å²) in [7, 11) is 1.42. The third-order valence-electron chi connectivity index (χ3n) is 2.74. The fraction of sp³-hybridized carbons (Fsp3) is 0.583. The minimum atomic E-state index is -0.229. The van der Waals surface area contributed by atoms with Gasteiger partial charge in [0.05, 0.1) is 7.11 Å². The van der Waals surface area contributed by atoms with Gasteiger partial charge < -0.3 is 4.74 Å². The number of thioether (sulfide) groups is 1. The Bertz CT molecular complexity index is 370. The molecule has 0 spiro atoms. The molecule has 0 aliphatic carbocycles. The molecule has 1 aromatic heterocycles. The second-order valence-corrected chi connectivity index (χ2v) is 6.39. The molecule has 0 N–H and O–H groups in total. The van der Waals surface area contributed by atoms with Gasteiger partial charge in [0, 0.05) is 23.7 Å². The van der Waals surface area contributed by atoms with Crippen LogP contribution in [0.1, 0.15) is 21.0 Å². The van der Waals surface area contributed by atoms with E-state index in [-0.39, 0.29) is 5.97 Å². The predicted molar refractivity (Wildman–Crippen MR) is 72.9 cm³/mol. The highest BCUT2D eigenvalue weighted by atomic mass is 32.2. The summed E-state index contributed by atoms with van der Waals surface area (Å²) >= 11 is 3.57. The van der Waals surface area contributed by atoms with Crippen molar-refractivity contribution in [2.24, 2.45) is 0 Å². The molecule has 2 rings (SSSR count). The summed E-state index contributed by atoms with van der Waals surface area (Å²) < 4.78 is 4.71. The topological polar surface area (TPSA) is 29.5 Å². The van der Waals surface area contributed by atoms with Crippen molar-refractivity contribution < 1.29 is 9.53 Å². The Labute approximate surface area is 110 Å². The van der Waals surface area contributed by atoms with Crippen LogP contribution in [0.15, 0.2) is 12.1 Å². The molecular formula is C12H17NO2S2. The van der Waals surface area contributed by atoms with Gasteiger partial charge in [0.1, 0.15) is 4.88 Å². The molecule has 2 heterocycles. The molecule has 0 saturated carbocycles. The number of hydrogen-bond donors (Lipinski definition) is 0. The van der Waals surface area contributed by atoms with Crippen LogP contribution in [0.2, 0.25) is 0 Å². The molecule has 0 radical (unpaired) electrons. The van der Waals surface area contributed by atoms with Gasteiger partial charge in [0.25, 0.3) is 0 Å². The highest BCUT2D eigenvalue weighted by Crippen LogP contribution is 2.20. The summed E-state index contributed by atoms with van der Waals surface area (Å²) in [5.74, 6) is 2.26. The second kappa shape index (κ2) is 6.42. The van der Waals surface area contributed by atoms with E-state index < -0.39 is 0 Å². The lowest BCUT2D eigenvalue weighted by atomic mass is 10.3. The third kappa shape index (κ3) is 3.72. The van der Waals surface area contributed by atoms with Gasteiger partial charge in [-0.05, 0) is 30.9 Å². The normalized spacial score (nSPS) is 17.7. The minimum Gasteiger partial charge on any atom is -0.465 e. The number of thiophene rings is 1. The highest BCUT2D eigenvalue weighted by molar-refractivity contribution is 7.99. The molecule has 0 atom stereocenters. The van der Waals surface area contributed by atoms with Gasteiger partial charge in [0.2, 0.25) is 0 Å². The monoisotopic (exact) mass is 271 g/mol. The number of hydrogen-bond acceptors (Lipinski definition) is 5. The predicted octanol–water partition coefficient (Wildman–Crippen LogP) is 2.47. The molecule has 94 valence electrons. The zero-order valence-corrected chi connectivity index (χ0v) is 11.6. The van der Waals surface area contributed by atoms with E-state index in [1.54, 1.807) is 11.3 Å². The summed E-state index contributed by atoms with van der Waals surface area (Å²) in [5.41, 5.74) is 0. The van der Waals surface area contributed by atoms with E-state index in [1.165, 1.54) is 36.5 Å². The molecule has 0 amide bonds. The van der Waals surface area contributed by atoms with Crippen molar-refractivity contribution >= 4 is 29.1 Å². The number of carbonyl (C=O) groups is 1. The SMILES string of the molecule is COC(=O)c1ccc(CN2CCCSCC2)s1. The molecule has 0 aromatic carbocycles. The molecule has 1 aromatic rings. The van der Waals surface area contributed by atoms with E-state index in [4.69, 9.17) is 4.74 Å². The van der Waals surface area contributed by atoms with Crippen molar-refractivity contribution in [1.29, 1.82) is 0 Å². The first-order valence-corrected chi connectivity index (χ1v) is 7.74. The molecule has 3 nitrogen and oxygen atoms in total. The van der Waals surface area contributed by atoms with Crippen LogP contribution in [0.5, 0.6) is 0 Å². The summed E-state index contributed by atoms with van der Waals surface area (Å²) in [4.78, 5) is 15.8. The number of methoxy groups -OCH3 is 1. The zero-order valence-electron chi connectivity index (χ0n) is 9.98. The summed E-state index contributed by atoms with van der Waals surface area (Å²) in [5, 5.41) is 0. The first-order chi connectivity index (χ1) is 8.29. The van der Waals surface area contributed by atoms with Gasteiger partial charge in [-0.15, -0.1) is 11.3 Å². The van der Waals surface area contributed by atoms with Crippen LogP contribution in [0.4, 0.5) is 0 Å². The highest BCUT2D eigenvalue weighted by Gasteiger charge is 2.13. The fourth-order valence-corrected chi connectivity index (χ4v) is 3.74. The largest absolute Gasteiger partial charge is 0.465 e. The zero-order chi connectivity index (χ0) is 12.1. The van der Waals surface area contributed by atoms with E-state index in [9.17, 15) is 4.79 Å².